The van der Waals surface area contributed by atoms with E-state index in [0.29, 0.717) is 25.4 Å². The number of halogens is 3. The van der Waals surface area contributed by atoms with Gasteiger partial charge in [0.25, 0.3) is 5.91 Å². The van der Waals surface area contributed by atoms with Crippen LogP contribution in [0.4, 0.5) is 13.2 Å². The zero-order chi connectivity index (χ0) is 23.5. The number of ether oxygens (including phenoxy) is 1. The SMILES string of the molecule is Cc1ccoc1C(=O)N1C[C@@H]2[C@@H](C1)OCC(=O)N2Cc1cccnc1.O=C(O)C(F)(F)F. The van der Waals surface area contributed by atoms with Crippen LogP contribution in [0.15, 0.2) is 41.3 Å². The monoisotopic (exact) mass is 455 g/mol. The Kier molecular flexibility index (Phi) is 6.82. The zero-order valence-electron chi connectivity index (χ0n) is 16.9. The molecule has 2 aromatic rings. The van der Waals surface area contributed by atoms with Crippen molar-refractivity contribution in [1.29, 1.82) is 0 Å². The van der Waals surface area contributed by atoms with Crippen LogP contribution in [0.2, 0.25) is 0 Å². The van der Waals surface area contributed by atoms with Crippen LogP contribution in [0, 0.1) is 6.92 Å². The predicted octanol–water partition coefficient (Wildman–Crippen LogP) is 1.87. The van der Waals surface area contributed by atoms with Crippen molar-refractivity contribution >= 4 is 17.8 Å². The second kappa shape index (κ2) is 9.39. The van der Waals surface area contributed by atoms with Crippen LogP contribution in [0.1, 0.15) is 21.7 Å². The van der Waals surface area contributed by atoms with Gasteiger partial charge in [0.05, 0.1) is 18.4 Å². The summed E-state index contributed by atoms with van der Waals surface area (Å²) < 4.78 is 42.7. The quantitative estimate of drug-likeness (QED) is 0.752. The molecule has 2 amide bonds. The number of carbonyl (C=O) groups is 3. The predicted molar refractivity (Wildman–Crippen MR) is 101 cm³/mol. The minimum Gasteiger partial charge on any atom is -0.475 e. The third kappa shape index (κ3) is 5.25. The molecule has 0 bridgehead atoms. The molecular weight excluding hydrogens is 435 g/mol. The fourth-order valence-corrected chi connectivity index (χ4v) is 3.46. The highest BCUT2D eigenvalue weighted by atomic mass is 19.4. The molecule has 0 saturated carbocycles. The van der Waals surface area contributed by atoms with Gasteiger partial charge in [-0.2, -0.15) is 13.2 Å². The number of pyridine rings is 1. The summed E-state index contributed by atoms with van der Waals surface area (Å²) in [5, 5.41) is 7.12. The first kappa shape index (κ1) is 23.3. The van der Waals surface area contributed by atoms with Gasteiger partial charge in [-0.25, -0.2) is 4.79 Å². The van der Waals surface area contributed by atoms with Crippen LogP contribution in [-0.4, -0.2) is 75.7 Å². The molecule has 4 rings (SSSR count). The maximum absolute atomic E-state index is 12.7. The number of furan rings is 1. The minimum atomic E-state index is -5.08. The molecule has 2 aliphatic rings. The van der Waals surface area contributed by atoms with Crippen molar-refractivity contribution in [2.24, 2.45) is 0 Å². The second-order valence-corrected chi connectivity index (χ2v) is 7.25. The number of fused-ring (bicyclic) bond motifs is 1. The highest BCUT2D eigenvalue weighted by Gasteiger charge is 2.45. The lowest BCUT2D eigenvalue weighted by Gasteiger charge is -2.36. The van der Waals surface area contributed by atoms with Crippen LogP contribution < -0.4 is 0 Å². The summed E-state index contributed by atoms with van der Waals surface area (Å²) in [6.07, 6.45) is -0.286. The number of carbonyl (C=O) groups excluding carboxylic acids is 2. The summed E-state index contributed by atoms with van der Waals surface area (Å²) in [5.74, 6) is -2.63. The van der Waals surface area contributed by atoms with Gasteiger partial charge < -0.3 is 24.1 Å². The van der Waals surface area contributed by atoms with E-state index >= 15 is 0 Å². The van der Waals surface area contributed by atoms with Crippen molar-refractivity contribution in [3.63, 3.8) is 0 Å². The molecular formula is C20H20F3N3O6. The number of carboxylic acids is 1. The largest absolute Gasteiger partial charge is 0.490 e. The van der Waals surface area contributed by atoms with Gasteiger partial charge in [0.1, 0.15) is 6.61 Å². The zero-order valence-corrected chi connectivity index (χ0v) is 16.9. The van der Waals surface area contributed by atoms with E-state index in [9.17, 15) is 22.8 Å². The van der Waals surface area contributed by atoms with E-state index in [-0.39, 0.29) is 30.6 Å². The van der Waals surface area contributed by atoms with E-state index in [1.165, 1.54) is 6.26 Å². The van der Waals surface area contributed by atoms with Gasteiger partial charge in [-0.05, 0) is 24.6 Å². The second-order valence-electron chi connectivity index (χ2n) is 7.25. The van der Waals surface area contributed by atoms with E-state index in [0.717, 1.165) is 11.1 Å². The van der Waals surface area contributed by atoms with Gasteiger partial charge in [0.15, 0.2) is 5.76 Å². The van der Waals surface area contributed by atoms with Crippen LogP contribution in [0.25, 0.3) is 0 Å². The molecule has 1 N–H and O–H groups in total. The first-order chi connectivity index (χ1) is 15.1. The van der Waals surface area contributed by atoms with E-state index in [4.69, 9.17) is 19.1 Å². The van der Waals surface area contributed by atoms with Crippen molar-refractivity contribution < 1.29 is 41.8 Å². The number of hydrogen-bond donors (Lipinski definition) is 1. The summed E-state index contributed by atoms with van der Waals surface area (Å²) in [6.45, 7) is 3.26. The molecule has 172 valence electrons. The van der Waals surface area contributed by atoms with Crippen LogP contribution in [0.5, 0.6) is 0 Å². The summed E-state index contributed by atoms with van der Waals surface area (Å²) in [6, 6.07) is 5.41. The molecule has 2 atom stereocenters. The molecule has 9 nitrogen and oxygen atoms in total. The molecule has 4 heterocycles. The van der Waals surface area contributed by atoms with Gasteiger partial charge in [-0.1, -0.05) is 6.07 Å². The number of morpholine rings is 1. The number of aryl methyl sites for hydroxylation is 1. The molecule has 2 aliphatic heterocycles. The lowest BCUT2D eigenvalue weighted by Crippen LogP contribution is -2.53. The fraction of sp³-hybridized carbons (Fsp3) is 0.400. The van der Waals surface area contributed by atoms with E-state index < -0.39 is 12.1 Å². The third-order valence-corrected chi connectivity index (χ3v) is 5.04. The Balaban J connectivity index is 0.000000360. The summed E-state index contributed by atoms with van der Waals surface area (Å²) in [5.41, 5.74) is 1.77. The first-order valence-corrected chi connectivity index (χ1v) is 9.51. The molecule has 0 radical (unpaired) electrons. The Morgan fingerprint density at radius 3 is 2.56 bits per heavy atom. The van der Waals surface area contributed by atoms with Crippen LogP contribution in [-0.2, 0) is 20.9 Å². The van der Waals surface area contributed by atoms with E-state index in [2.05, 4.69) is 4.98 Å². The van der Waals surface area contributed by atoms with Gasteiger partial charge in [0, 0.05) is 37.6 Å². The number of amides is 2. The smallest absolute Gasteiger partial charge is 0.475 e. The van der Waals surface area contributed by atoms with Gasteiger partial charge in [-0.15, -0.1) is 0 Å². The number of carboxylic acid groups (broad SMARTS) is 1. The molecule has 0 aliphatic carbocycles. The van der Waals surface area contributed by atoms with E-state index in [1.807, 2.05) is 19.1 Å². The van der Waals surface area contributed by atoms with Crippen molar-refractivity contribution in [2.45, 2.75) is 31.8 Å². The Hall–Kier alpha value is -3.41. The molecule has 0 spiro atoms. The standard InChI is InChI=1S/C18H19N3O4.C2HF3O2/c1-12-4-6-24-17(12)18(23)20-9-14-15(10-20)25-11-16(22)21(14)8-13-3-2-5-19-7-13;3-2(4,5)1(6)7/h2-7,14-15H,8-11H2,1H3;(H,6,7)/t14-,15-;/m1./s1. The molecule has 0 unspecified atom stereocenters. The van der Waals surface area contributed by atoms with Crippen LogP contribution in [0.3, 0.4) is 0 Å². The average molecular weight is 455 g/mol. The van der Waals surface area contributed by atoms with Crippen molar-refractivity contribution in [1.82, 2.24) is 14.8 Å². The van der Waals surface area contributed by atoms with Crippen molar-refractivity contribution in [2.75, 3.05) is 19.7 Å². The Labute approximate surface area is 180 Å². The van der Waals surface area contributed by atoms with Gasteiger partial charge in [0.2, 0.25) is 5.91 Å². The maximum Gasteiger partial charge on any atom is 0.490 e. The fourth-order valence-electron chi connectivity index (χ4n) is 3.46. The number of rotatable bonds is 3. The van der Waals surface area contributed by atoms with Crippen LogP contribution >= 0.6 is 0 Å². The number of aromatic nitrogens is 1. The third-order valence-electron chi connectivity index (χ3n) is 5.04. The summed E-state index contributed by atoms with van der Waals surface area (Å²) in [4.78, 5) is 41.5. The lowest BCUT2D eigenvalue weighted by atomic mass is 10.1. The average Bonchev–Trinajstić information content (AvgIpc) is 3.36. The molecule has 12 heteroatoms. The first-order valence-electron chi connectivity index (χ1n) is 9.51. The number of alkyl halides is 3. The van der Waals surface area contributed by atoms with Crippen molar-refractivity contribution in [3.05, 3.63) is 53.7 Å². The Bertz CT molecular complexity index is 978. The Morgan fingerprint density at radius 1 is 1.28 bits per heavy atom. The summed E-state index contributed by atoms with van der Waals surface area (Å²) in [7, 11) is 0. The molecule has 2 fully saturated rings. The number of nitrogens with zero attached hydrogens (tertiary/aromatic N) is 3. The highest BCUT2D eigenvalue weighted by Crippen LogP contribution is 2.27. The van der Waals surface area contributed by atoms with Gasteiger partial charge in [-0.3, -0.25) is 14.6 Å². The molecule has 2 saturated heterocycles. The topological polar surface area (TPSA) is 113 Å². The van der Waals surface area contributed by atoms with E-state index in [1.54, 1.807) is 28.3 Å². The maximum atomic E-state index is 12.7. The molecule has 0 aromatic carbocycles. The van der Waals surface area contributed by atoms with Crippen molar-refractivity contribution in [3.8, 4) is 0 Å². The number of likely N-dealkylation sites (tertiary alicyclic amines) is 1. The molecule has 32 heavy (non-hydrogen) atoms. The lowest BCUT2D eigenvalue weighted by molar-refractivity contribution is -0.192. The minimum absolute atomic E-state index is 0.0449. The summed E-state index contributed by atoms with van der Waals surface area (Å²) >= 11 is 0. The highest BCUT2D eigenvalue weighted by molar-refractivity contribution is 5.93. The number of aliphatic carboxylic acids is 1. The molecule has 2 aromatic heterocycles. The van der Waals surface area contributed by atoms with Gasteiger partial charge >= 0.3 is 12.1 Å². The number of hydrogen-bond acceptors (Lipinski definition) is 6. The Morgan fingerprint density at radius 2 is 2.00 bits per heavy atom. The normalized spacial score (nSPS) is 20.4.